The Hall–Kier alpha value is -3.31. The summed E-state index contributed by atoms with van der Waals surface area (Å²) < 4.78 is 5.17. The van der Waals surface area contributed by atoms with Gasteiger partial charge in [0.05, 0.1) is 18.4 Å². The normalized spacial score (nSPS) is 10.3. The molecule has 0 atom stereocenters. The van der Waals surface area contributed by atoms with Crippen LogP contribution in [0.3, 0.4) is 0 Å². The fourth-order valence-corrected chi connectivity index (χ4v) is 3.28. The number of amides is 2. The first kappa shape index (κ1) is 20.4. The lowest BCUT2D eigenvalue weighted by Crippen LogP contribution is -2.22. The van der Waals surface area contributed by atoms with Gasteiger partial charge in [0.15, 0.2) is 0 Å². The van der Waals surface area contributed by atoms with Crippen molar-refractivity contribution in [2.45, 2.75) is 6.92 Å². The van der Waals surface area contributed by atoms with Crippen molar-refractivity contribution in [1.82, 2.24) is 5.32 Å². The van der Waals surface area contributed by atoms with Crippen molar-refractivity contribution in [3.05, 3.63) is 82.4 Å². The number of ether oxygens (including phenoxy) is 1. The van der Waals surface area contributed by atoms with E-state index in [1.54, 1.807) is 32.2 Å². The molecule has 0 saturated carbocycles. The summed E-state index contributed by atoms with van der Waals surface area (Å²) in [7, 11) is 3.16. The molecule has 0 aliphatic carbocycles. The van der Waals surface area contributed by atoms with E-state index in [0.29, 0.717) is 27.4 Å². The number of nitrogens with one attached hydrogen (secondary N) is 2. The van der Waals surface area contributed by atoms with Gasteiger partial charge in [0.25, 0.3) is 11.8 Å². The molecule has 2 amide bonds. The molecule has 0 radical (unpaired) electrons. The first-order valence-corrected chi connectivity index (χ1v) is 9.39. The molecule has 2 N–H and O–H groups in total. The molecule has 3 rings (SSSR count). The molecule has 0 spiro atoms. The molecule has 0 aromatic heterocycles. The summed E-state index contributed by atoms with van der Waals surface area (Å²) >= 11 is 6.07. The number of methoxy groups -OCH3 is 1. The first-order chi connectivity index (χ1) is 13.9. The van der Waals surface area contributed by atoms with Crippen LogP contribution in [0.4, 0.5) is 5.69 Å². The number of hydrogen-bond donors (Lipinski definition) is 2. The van der Waals surface area contributed by atoms with Gasteiger partial charge in [0.2, 0.25) is 0 Å². The maximum atomic E-state index is 12.8. The second-order valence-corrected chi connectivity index (χ2v) is 6.92. The van der Waals surface area contributed by atoms with Gasteiger partial charge in [0, 0.05) is 17.6 Å². The Kier molecular flexibility index (Phi) is 6.20. The number of carbonyl (C=O) groups is 2. The molecular weight excluding hydrogens is 388 g/mol. The Labute approximate surface area is 174 Å². The van der Waals surface area contributed by atoms with Crippen molar-refractivity contribution in [2.24, 2.45) is 0 Å². The highest BCUT2D eigenvalue weighted by atomic mass is 35.5. The van der Waals surface area contributed by atoms with Crippen LogP contribution in [0.15, 0.2) is 60.7 Å². The minimum Gasteiger partial charge on any atom is -0.497 e. The largest absolute Gasteiger partial charge is 0.497 e. The third kappa shape index (κ3) is 4.58. The van der Waals surface area contributed by atoms with Crippen LogP contribution < -0.4 is 15.4 Å². The molecule has 29 heavy (non-hydrogen) atoms. The quantitative estimate of drug-likeness (QED) is 0.628. The van der Waals surface area contributed by atoms with E-state index < -0.39 is 0 Å². The highest BCUT2D eigenvalue weighted by Gasteiger charge is 2.17. The number of benzene rings is 3. The van der Waals surface area contributed by atoms with Gasteiger partial charge in [-0.15, -0.1) is 0 Å². The zero-order chi connectivity index (χ0) is 21.0. The average Bonchev–Trinajstić information content (AvgIpc) is 2.75. The minimum absolute atomic E-state index is 0.304. The molecule has 5 nitrogen and oxygen atoms in total. The Balaban J connectivity index is 1.84. The van der Waals surface area contributed by atoms with Crippen molar-refractivity contribution in [3.8, 4) is 16.9 Å². The van der Waals surface area contributed by atoms with Gasteiger partial charge in [-0.2, -0.15) is 0 Å². The molecule has 3 aromatic carbocycles. The van der Waals surface area contributed by atoms with Crippen molar-refractivity contribution in [2.75, 3.05) is 19.5 Å². The molecule has 0 aliphatic heterocycles. The van der Waals surface area contributed by atoms with Gasteiger partial charge < -0.3 is 15.4 Å². The molecule has 148 valence electrons. The second-order valence-electron chi connectivity index (χ2n) is 6.48. The van der Waals surface area contributed by atoms with E-state index in [-0.39, 0.29) is 11.8 Å². The zero-order valence-corrected chi connectivity index (χ0v) is 17.1. The summed E-state index contributed by atoms with van der Waals surface area (Å²) in [6.45, 7) is 1.79. The maximum absolute atomic E-state index is 12.8. The Morgan fingerprint density at radius 3 is 2.03 bits per heavy atom. The van der Waals surface area contributed by atoms with Crippen molar-refractivity contribution < 1.29 is 14.3 Å². The van der Waals surface area contributed by atoms with Gasteiger partial charge in [-0.25, -0.2) is 0 Å². The molecule has 0 unspecified atom stereocenters. The minimum atomic E-state index is -0.319. The van der Waals surface area contributed by atoms with Crippen LogP contribution in [-0.2, 0) is 0 Å². The Morgan fingerprint density at radius 2 is 1.48 bits per heavy atom. The highest BCUT2D eigenvalue weighted by Crippen LogP contribution is 2.27. The monoisotopic (exact) mass is 408 g/mol. The lowest BCUT2D eigenvalue weighted by molar-refractivity contribution is 0.0964. The van der Waals surface area contributed by atoms with E-state index in [4.69, 9.17) is 16.3 Å². The second kappa shape index (κ2) is 8.80. The summed E-state index contributed by atoms with van der Waals surface area (Å²) in [4.78, 5) is 24.9. The van der Waals surface area contributed by atoms with Crippen LogP contribution in [0, 0.1) is 6.92 Å². The summed E-state index contributed by atoms with van der Waals surface area (Å²) in [6, 6.07) is 18.2. The van der Waals surface area contributed by atoms with Gasteiger partial charge in [0.1, 0.15) is 5.75 Å². The third-order valence-electron chi connectivity index (χ3n) is 4.58. The van der Waals surface area contributed by atoms with Crippen LogP contribution in [0.1, 0.15) is 26.3 Å². The molecule has 0 saturated heterocycles. The molecule has 0 heterocycles. The summed E-state index contributed by atoms with van der Waals surface area (Å²) in [5.74, 6) is 0.164. The average molecular weight is 409 g/mol. The van der Waals surface area contributed by atoms with Crippen molar-refractivity contribution >= 4 is 29.1 Å². The van der Waals surface area contributed by atoms with E-state index in [0.717, 1.165) is 16.9 Å². The van der Waals surface area contributed by atoms with Crippen LogP contribution in [-0.4, -0.2) is 26.0 Å². The summed E-state index contributed by atoms with van der Waals surface area (Å²) in [5, 5.41) is 5.84. The van der Waals surface area contributed by atoms with Gasteiger partial charge in [-0.1, -0.05) is 35.9 Å². The molecule has 3 aromatic rings. The maximum Gasteiger partial charge on any atom is 0.255 e. The van der Waals surface area contributed by atoms with E-state index in [2.05, 4.69) is 10.6 Å². The number of carbonyl (C=O) groups excluding carboxylic acids is 2. The lowest BCUT2D eigenvalue weighted by atomic mass is 10.0. The molecule has 6 heteroatoms. The SMILES string of the molecule is CNC(=O)c1cc(Cl)cc(C)c1NC(=O)c1ccc(-c2ccc(OC)cc2)cc1. The Bertz CT molecular complexity index is 1040. The van der Waals surface area contributed by atoms with Crippen LogP contribution in [0.2, 0.25) is 5.02 Å². The Morgan fingerprint density at radius 1 is 0.897 bits per heavy atom. The molecule has 0 aliphatic rings. The first-order valence-electron chi connectivity index (χ1n) is 9.01. The number of anilines is 1. The number of hydrogen-bond acceptors (Lipinski definition) is 3. The fourth-order valence-electron chi connectivity index (χ4n) is 3.01. The smallest absolute Gasteiger partial charge is 0.255 e. The van der Waals surface area contributed by atoms with Crippen LogP contribution in [0.25, 0.3) is 11.1 Å². The van der Waals surface area contributed by atoms with Crippen LogP contribution in [0.5, 0.6) is 5.75 Å². The standard InChI is InChI=1S/C23H21ClN2O3/c1-14-12-18(24)13-20(23(28)25-2)21(14)26-22(27)17-6-4-15(5-7-17)16-8-10-19(29-3)11-9-16/h4-13H,1-3H3,(H,25,28)(H,26,27). The summed E-state index contributed by atoms with van der Waals surface area (Å²) in [5.41, 5.74) is 3.96. The zero-order valence-electron chi connectivity index (χ0n) is 16.4. The number of aryl methyl sites for hydroxylation is 1. The van der Waals surface area contributed by atoms with Gasteiger partial charge in [-0.3, -0.25) is 9.59 Å². The lowest BCUT2D eigenvalue weighted by Gasteiger charge is -2.14. The van der Waals surface area contributed by atoms with Crippen molar-refractivity contribution in [3.63, 3.8) is 0 Å². The topological polar surface area (TPSA) is 67.4 Å². The van der Waals surface area contributed by atoms with E-state index in [1.165, 1.54) is 13.1 Å². The predicted octanol–water partition coefficient (Wildman–Crippen LogP) is 4.94. The van der Waals surface area contributed by atoms with E-state index in [9.17, 15) is 9.59 Å². The molecular formula is C23H21ClN2O3. The van der Waals surface area contributed by atoms with E-state index in [1.807, 2.05) is 36.4 Å². The third-order valence-corrected chi connectivity index (χ3v) is 4.80. The molecule has 0 fully saturated rings. The van der Waals surface area contributed by atoms with Gasteiger partial charge >= 0.3 is 0 Å². The highest BCUT2D eigenvalue weighted by molar-refractivity contribution is 6.31. The predicted molar refractivity (Wildman–Crippen MR) is 116 cm³/mol. The van der Waals surface area contributed by atoms with Crippen LogP contribution >= 0.6 is 11.6 Å². The summed E-state index contributed by atoms with van der Waals surface area (Å²) in [6.07, 6.45) is 0. The van der Waals surface area contributed by atoms with Crippen molar-refractivity contribution in [1.29, 1.82) is 0 Å². The van der Waals surface area contributed by atoms with Gasteiger partial charge in [-0.05, 0) is 60.0 Å². The number of halogens is 1. The van der Waals surface area contributed by atoms with E-state index >= 15 is 0 Å². The molecule has 0 bridgehead atoms. The number of rotatable bonds is 5. The fraction of sp³-hybridized carbons (Fsp3) is 0.130.